The highest BCUT2D eigenvalue weighted by molar-refractivity contribution is 7.89. The fourth-order valence-electron chi connectivity index (χ4n) is 19.5. The molecule has 11 bridgehead atoms. The molecule has 2 aromatic rings. The molecule has 6 heterocycles. The largest absolute Gasteiger partial charge is 0.494 e. The van der Waals surface area contributed by atoms with E-state index in [-0.39, 0.29) is 130 Å². The van der Waals surface area contributed by atoms with Crippen LogP contribution in [0.1, 0.15) is 162 Å². The lowest BCUT2D eigenvalue weighted by Gasteiger charge is -2.51. The van der Waals surface area contributed by atoms with Crippen LogP contribution in [0.4, 0.5) is 0 Å². The first-order chi connectivity index (χ1) is 57.8. The van der Waals surface area contributed by atoms with Crippen molar-refractivity contribution in [2.45, 2.75) is 299 Å². The van der Waals surface area contributed by atoms with Gasteiger partial charge < -0.3 is 133 Å². The molecular weight excluding hydrogens is 1660 g/mol. The average Bonchev–Trinajstić information content (AvgIpc) is 0.755. The van der Waals surface area contributed by atoms with Gasteiger partial charge in [-0.15, -0.1) is 23.2 Å². The summed E-state index contributed by atoms with van der Waals surface area (Å²) in [5, 5.41) is 140. The number of likely N-dealkylation sites (N-methyl/N-ethyl adjacent to an activating group) is 1. The van der Waals surface area contributed by atoms with E-state index < -0.39 is 268 Å². The van der Waals surface area contributed by atoms with Crippen molar-refractivity contribution in [1.82, 2.24) is 47.3 Å². The Morgan fingerprint density at radius 1 is 0.713 bits per heavy atom. The lowest BCUT2D eigenvalue weighted by atomic mass is 9.58. The van der Waals surface area contributed by atoms with Gasteiger partial charge >= 0.3 is 5.97 Å². The van der Waals surface area contributed by atoms with Gasteiger partial charge in [0.05, 0.1) is 83.6 Å². The zero-order valence-electron chi connectivity index (χ0n) is 69.5. The molecule has 2 saturated heterocycles. The Hall–Kier alpha value is -6.67. The smallest absolute Gasteiger partial charge is 0.326 e. The Morgan fingerprint density at radius 2 is 1.35 bits per heavy atom. The van der Waals surface area contributed by atoms with Crippen LogP contribution in [0.2, 0.25) is 0 Å². The lowest BCUT2D eigenvalue weighted by molar-refractivity contribution is -0.286. The topological polar surface area (TPSA) is 589 Å². The van der Waals surface area contributed by atoms with Gasteiger partial charge in [0.2, 0.25) is 57.1 Å². The lowest BCUT2D eigenvalue weighted by Crippen LogP contribution is -2.66. The molecule has 32 atom stereocenters. The molecule has 4 unspecified atom stereocenters. The third kappa shape index (κ3) is 22.6. The van der Waals surface area contributed by atoms with Crippen molar-refractivity contribution in [1.29, 1.82) is 0 Å². The van der Waals surface area contributed by atoms with Gasteiger partial charge in [-0.2, -0.15) is 0 Å². The van der Waals surface area contributed by atoms with Gasteiger partial charge in [-0.25, -0.2) is 17.9 Å². The van der Waals surface area contributed by atoms with Gasteiger partial charge in [-0.1, -0.05) is 40.0 Å². The van der Waals surface area contributed by atoms with Crippen molar-refractivity contribution in [3.63, 3.8) is 0 Å². The van der Waals surface area contributed by atoms with Crippen molar-refractivity contribution in [3.8, 4) is 23.0 Å². The van der Waals surface area contributed by atoms with Crippen molar-refractivity contribution in [2.75, 3.05) is 39.9 Å². The average molecular weight is 1780 g/mol. The standard InChI is InChI=1S/C82H125Cl2N11O26S/c1-7-8-9-10-23-116-43-14-16-44(17-15-43)122(114,115)89-22-21-88-34-47-53(98)31-46-61(70(47)103)45-25-38(11-18-52(45)97)62-77(108)95-66(80(111)93-64(46)81(112)113)68(101)40-13-20-55(49(84)27-40)119-57-29-41-28-56(72(57)120-58-30-42(35-96)69(102)71(104)73(58)121-60-33-82(5,86)74(105)37(4)117-60)118-54-19-12-39(26-48(54)83)67(100)65(94-75(106)50(87-6)24-36(2)3)79(110)90-51(32-59(85)99)76(107)91-63(41)78(109)92-62/h14-17,28-29,36-40,42,45-55,58,60-71,73-74,87-89,96-98,100-105H,7-13,18-27,30-35,86H2,1-6H3,(H2,85,99)(H,90,110)(H,91,107)(H,92,109)(H,93,111)(H,94,106)(H,95,108)(H,112,113)/t37-,38-,39-,40-,42+,45?,46?,47?,48+,49-,50+,51-,52+,53-,54+,55+,58+,60-,61?,62+,63+,64-,65+,66-,67+,68+,69+,70-,71-,73-,74+,82-/m0/s1. The van der Waals surface area contributed by atoms with Crippen LogP contribution >= 0.6 is 23.2 Å². The maximum Gasteiger partial charge on any atom is 0.326 e. The second-order valence-electron chi connectivity index (χ2n) is 35.6. The number of amides is 7. The number of aliphatic hydroxyl groups is 9. The molecule has 684 valence electrons. The summed E-state index contributed by atoms with van der Waals surface area (Å²) < 4.78 is 69.2. The summed E-state index contributed by atoms with van der Waals surface area (Å²) in [7, 11) is -2.55. The molecule has 5 aliphatic carbocycles. The van der Waals surface area contributed by atoms with Crippen molar-refractivity contribution < 1.29 is 126 Å². The van der Waals surface area contributed by atoms with E-state index >= 15 is 24.0 Å². The van der Waals surface area contributed by atoms with E-state index in [9.17, 15) is 73.9 Å². The number of nitrogens with two attached hydrogens (primary N) is 2. The normalized spacial score (nSPS) is 38.2. The highest BCUT2D eigenvalue weighted by Crippen LogP contribution is 2.51. The predicted octanol–water partition coefficient (Wildman–Crippen LogP) is -1.71. The van der Waals surface area contributed by atoms with E-state index in [1.54, 1.807) is 26.0 Å². The van der Waals surface area contributed by atoms with Crippen LogP contribution in [0.25, 0.3) is 0 Å². The second kappa shape index (κ2) is 41.8. The number of fused-ring (bicyclic) bond motifs is 15. The van der Waals surface area contributed by atoms with Gasteiger partial charge in [0.15, 0.2) is 17.8 Å². The molecule has 23 N–H and O–H groups in total. The van der Waals surface area contributed by atoms with Gasteiger partial charge in [0, 0.05) is 50.0 Å². The number of benzene rings is 2. The molecular formula is C82H125Cl2N11O26S. The monoisotopic (exact) mass is 1780 g/mol. The summed E-state index contributed by atoms with van der Waals surface area (Å²) >= 11 is 14.9. The number of aliphatic hydroxyl groups excluding tert-OH is 9. The van der Waals surface area contributed by atoms with Crippen molar-refractivity contribution in [2.24, 2.45) is 64.7 Å². The molecule has 0 spiro atoms. The number of carboxylic acids is 1. The van der Waals surface area contributed by atoms with Crippen LogP contribution in [0, 0.1) is 53.3 Å². The summed E-state index contributed by atoms with van der Waals surface area (Å²) in [6.45, 7) is 8.22. The zero-order chi connectivity index (χ0) is 88.7. The number of rotatable bonds is 26. The number of unbranched alkanes of at least 4 members (excludes halogenated alkanes) is 3. The van der Waals surface area contributed by atoms with Crippen molar-refractivity contribution in [3.05, 3.63) is 42.0 Å². The number of carbonyl (C=O) groups excluding carboxylic acids is 7. The van der Waals surface area contributed by atoms with E-state index in [4.69, 9.17) is 63.1 Å². The minimum atomic E-state index is -4.07. The number of primary amides is 1. The quantitative estimate of drug-likeness (QED) is 0.0368. The fraction of sp³-hybridized carbons (Fsp3) is 0.756. The molecule has 6 aliphatic heterocycles. The van der Waals surface area contributed by atoms with Gasteiger partial charge in [-0.3, -0.25) is 33.6 Å². The van der Waals surface area contributed by atoms with Crippen LogP contribution in [0.3, 0.4) is 0 Å². The number of nitrogens with one attached hydrogen (secondary N) is 9. The Balaban J connectivity index is 1.01. The zero-order valence-corrected chi connectivity index (χ0v) is 71.9. The number of hydrogen-bond donors (Lipinski definition) is 21. The van der Waals surface area contributed by atoms with Crippen LogP contribution in [-0.4, -0.2) is 285 Å². The molecule has 0 radical (unpaired) electrons. The summed E-state index contributed by atoms with van der Waals surface area (Å²) in [6, 6.07) is -4.66. The van der Waals surface area contributed by atoms with Gasteiger partial charge in [0.25, 0.3) is 0 Å². The maximum absolute atomic E-state index is 16.5. The van der Waals surface area contributed by atoms with E-state index in [1.807, 2.05) is 13.8 Å². The first-order valence-corrected chi connectivity index (χ1v) is 45.2. The number of hydrogen-bond acceptors (Lipinski definition) is 28. The Morgan fingerprint density at radius 3 is 1.96 bits per heavy atom. The molecule has 40 heteroatoms. The SMILES string of the molecule is CCCCCCOc1ccc(S(=O)(=O)NCCNCC2[C@H](O)C3C4C[C@H](CC[C@H]4O)[C@H]4NC(=O)[C@@H]5NC(=O)[C@H](CC(N)=O)NC(=O)[C@H](NC(=O)[C@@H](CC(C)C)NC)[C@H](O)[C@H]6CC[C@@H](Oc7cc5cc(c7O[C@@H]5C[C@H](CO)[C@@H](O)[C@H](O)[C@H]5O[C@H]5C[C@](C)(N)[C@H](O)[C@H](C)O5)O[C@@H]5CC[C@@H](C[C@@H]5Cl)[C@@H](O)[C@H](NC4=O)C(=O)N[C@H](C(=O)O)C3C[C@@H]2O)[C@H](Cl)C6)cc1. The Labute approximate surface area is 719 Å². The predicted molar refractivity (Wildman–Crippen MR) is 438 cm³/mol. The minimum Gasteiger partial charge on any atom is -0.494 e. The van der Waals surface area contributed by atoms with E-state index in [0.29, 0.717) is 12.4 Å². The molecule has 7 fully saturated rings. The highest BCUT2D eigenvalue weighted by atomic mass is 35.5. The number of carbonyl (C=O) groups is 8. The first kappa shape index (κ1) is 96.0. The molecule has 2 aromatic carbocycles. The Bertz CT molecular complexity index is 4070. The number of sulfonamides is 1. The number of carboxylic acid groups (broad SMARTS) is 1. The summed E-state index contributed by atoms with van der Waals surface area (Å²) in [6.07, 6.45) is -19.5. The third-order valence-electron chi connectivity index (χ3n) is 26.3. The first-order valence-electron chi connectivity index (χ1n) is 42.9. The molecule has 5 saturated carbocycles. The van der Waals surface area contributed by atoms with E-state index in [2.05, 4.69) is 54.2 Å². The van der Waals surface area contributed by atoms with Crippen LogP contribution < -0.4 is 77.7 Å². The van der Waals surface area contributed by atoms with Crippen LogP contribution in [-0.2, 0) is 57.9 Å². The van der Waals surface area contributed by atoms with Gasteiger partial charge in [0.1, 0.15) is 72.5 Å². The maximum atomic E-state index is 16.5. The third-order valence-corrected chi connectivity index (χ3v) is 28.7. The van der Waals surface area contributed by atoms with Crippen LogP contribution in [0.5, 0.6) is 23.0 Å². The molecule has 0 aromatic heterocycles. The highest BCUT2D eigenvalue weighted by Gasteiger charge is 2.57. The minimum absolute atomic E-state index is 0.0242. The molecule has 37 nitrogen and oxygen atoms in total. The Kier molecular flexibility index (Phi) is 32.9. The second-order valence-corrected chi connectivity index (χ2v) is 38.5. The van der Waals surface area contributed by atoms with Crippen molar-refractivity contribution >= 4 is 80.5 Å². The molecule has 13 rings (SSSR count). The van der Waals surface area contributed by atoms with Crippen LogP contribution in [0.15, 0.2) is 41.3 Å². The number of aliphatic carboxylic acids is 1. The summed E-state index contributed by atoms with van der Waals surface area (Å²) in [4.78, 5) is 120. The number of halogens is 2. The molecule has 122 heavy (non-hydrogen) atoms. The number of alkyl halides is 2. The van der Waals surface area contributed by atoms with E-state index in [0.717, 1.165) is 25.7 Å². The summed E-state index contributed by atoms with van der Waals surface area (Å²) in [5.74, 6) is -19.9. The van der Waals surface area contributed by atoms with Gasteiger partial charge in [-0.05, 0) is 188 Å². The molecule has 11 aliphatic rings. The fourth-order valence-corrected chi connectivity index (χ4v) is 21.4. The summed E-state index contributed by atoms with van der Waals surface area (Å²) in [5.41, 5.74) is 10.9. The molecule has 7 amide bonds. The van der Waals surface area contributed by atoms with E-state index in [1.165, 1.54) is 31.3 Å². The number of ether oxygens (including phenoxy) is 6.